The van der Waals surface area contributed by atoms with Crippen molar-refractivity contribution < 1.29 is 25.6 Å². The monoisotopic (exact) mass is 1040 g/mol. The first-order valence-corrected chi connectivity index (χ1v) is 25.8. The SMILES string of the molecule is Cc1ccc(S(=O)(=O)NC(c2cnn(C(C)(C)C)c2-c2cc(F)ccc2Br)C2CC2)cc1.Cc1ccc(S(=O)(=O)NC(c2cnn(C(C)(C)C)c2-c2ccc(F)cc2Br)C2CC2)cc1. The van der Waals surface area contributed by atoms with E-state index in [0.29, 0.717) is 15.7 Å². The van der Waals surface area contributed by atoms with Crippen molar-refractivity contribution in [1.82, 2.24) is 29.0 Å². The Kier molecular flexibility index (Phi) is 13.7. The van der Waals surface area contributed by atoms with Crippen molar-refractivity contribution in [3.05, 3.63) is 140 Å². The van der Waals surface area contributed by atoms with Crippen LogP contribution < -0.4 is 9.44 Å². The highest BCUT2D eigenvalue weighted by atomic mass is 79.9. The van der Waals surface area contributed by atoms with Crippen LogP contribution in [0.3, 0.4) is 0 Å². The van der Waals surface area contributed by atoms with Crippen LogP contribution in [-0.4, -0.2) is 36.4 Å². The molecule has 2 unspecified atom stereocenters. The smallest absolute Gasteiger partial charge is 0.241 e. The molecule has 2 aromatic heterocycles. The average Bonchev–Trinajstić information content (AvgIpc) is 4.14. The molecule has 2 fully saturated rings. The third-order valence-corrected chi connectivity index (χ3v) is 15.6. The zero-order chi connectivity index (χ0) is 46.5. The van der Waals surface area contributed by atoms with E-state index in [1.165, 1.54) is 24.3 Å². The molecular formula is C48H54Br2F2N6O4S2. The summed E-state index contributed by atoms with van der Waals surface area (Å²) in [6.45, 7) is 16.0. The molecule has 2 heterocycles. The number of rotatable bonds is 12. The summed E-state index contributed by atoms with van der Waals surface area (Å²) in [6.07, 6.45) is 7.18. The molecule has 2 aliphatic rings. The van der Waals surface area contributed by atoms with Crippen LogP contribution in [-0.2, 0) is 31.1 Å². The Labute approximate surface area is 392 Å². The molecular weight excluding hydrogens is 987 g/mol. The van der Waals surface area contributed by atoms with Gasteiger partial charge in [-0.3, -0.25) is 9.36 Å². The number of halogens is 4. The van der Waals surface area contributed by atoms with Gasteiger partial charge in [-0.05, 0) is 170 Å². The Bertz CT molecular complexity index is 2880. The molecule has 0 bridgehead atoms. The number of aromatic nitrogens is 4. The first-order valence-electron chi connectivity index (χ1n) is 21.2. The summed E-state index contributed by atoms with van der Waals surface area (Å²) in [4.78, 5) is 0.465. The van der Waals surface area contributed by atoms with Crippen molar-refractivity contribution >= 4 is 51.9 Å². The highest BCUT2D eigenvalue weighted by molar-refractivity contribution is 9.11. The van der Waals surface area contributed by atoms with E-state index in [2.05, 4.69) is 51.5 Å². The number of benzene rings is 4. The number of nitrogens with zero attached hydrogens (tertiary/aromatic N) is 4. The van der Waals surface area contributed by atoms with Gasteiger partial charge in [0.25, 0.3) is 0 Å². The van der Waals surface area contributed by atoms with Crippen LogP contribution in [0.4, 0.5) is 8.78 Å². The molecule has 4 aromatic carbocycles. The lowest BCUT2D eigenvalue weighted by Crippen LogP contribution is -2.31. The fraction of sp³-hybridized carbons (Fsp3) is 0.375. The van der Waals surface area contributed by atoms with Crippen LogP contribution in [0.15, 0.2) is 116 Å². The van der Waals surface area contributed by atoms with Crippen LogP contribution in [0.25, 0.3) is 22.5 Å². The van der Waals surface area contributed by atoms with E-state index >= 15 is 0 Å². The number of sulfonamides is 2. The van der Waals surface area contributed by atoms with Crippen LogP contribution in [0, 0.1) is 37.3 Å². The van der Waals surface area contributed by atoms with E-state index in [1.54, 1.807) is 73.1 Å². The second kappa shape index (κ2) is 18.3. The van der Waals surface area contributed by atoms with E-state index in [9.17, 15) is 25.6 Å². The molecule has 64 heavy (non-hydrogen) atoms. The van der Waals surface area contributed by atoms with E-state index in [-0.39, 0.29) is 44.3 Å². The molecule has 16 heteroatoms. The minimum atomic E-state index is -3.75. The van der Waals surface area contributed by atoms with Crippen LogP contribution in [0.1, 0.15) is 102 Å². The third kappa shape index (κ3) is 10.8. The van der Waals surface area contributed by atoms with Gasteiger partial charge in [0.2, 0.25) is 20.0 Å². The zero-order valence-corrected chi connectivity index (χ0v) is 41.9. The fourth-order valence-corrected chi connectivity index (χ4v) is 11.2. The highest BCUT2D eigenvalue weighted by Gasteiger charge is 2.41. The summed E-state index contributed by atoms with van der Waals surface area (Å²) >= 11 is 7.04. The number of hydrogen-bond donors (Lipinski definition) is 2. The van der Waals surface area contributed by atoms with E-state index in [4.69, 9.17) is 0 Å². The molecule has 0 saturated heterocycles. The maximum Gasteiger partial charge on any atom is 0.241 e. The van der Waals surface area contributed by atoms with Crippen molar-refractivity contribution in [1.29, 1.82) is 0 Å². The lowest BCUT2D eigenvalue weighted by molar-refractivity contribution is 0.359. The van der Waals surface area contributed by atoms with Gasteiger partial charge in [-0.25, -0.2) is 35.1 Å². The van der Waals surface area contributed by atoms with Crippen molar-refractivity contribution in [3.63, 3.8) is 0 Å². The van der Waals surface area contributed by atoms with E-state index < -0.39 is 32.1 Å². The summed E-state index contributed by atoms with van der Waals surface area (Å²) < 4.78 is 91.9. The van der Waals surface area contributed by atoms with Gasteiger partial charge in [0.15, 0.2) is 0 Å². The van der Waals surface area contributed by atoms with Crippen molar-refractivity contribution in [3.8, 4) is 22.5 Å². The van der Waals surface area contributed by atoms with Crippen molar-refractivity contribution in [2.24, 2.45) is 11.8 Å². The molecule has 0 radical (unpaired) electrons. The second-order valence-electron chi connectivity index (χ2n) is 18.8. The maximum atomic E-state index is 14.2. The Morgan fingerprint density at radius 1 is 0.578 bits per heavy atom. The minimum Gasteiger partial charge on any atom is -0.259 e. The summed E-state index contributed by atoms with van der Waals surface area (Å²) in [5.41, 5.74) is 5.72. The first kappa shape index (κ1) is 47.9. The second-order valence-corrected chi connectivity index (χ2v) is 23.9. The van der Waals surface area contributed by atoms with Gasteiger partial charge in [-0.15, -0.1) is 0 Å². The predicted molar refractivity (Wildman–Crippen MR) is 255 cm³/mol. The largest absolute Gasteiger partial charge is 0.259 e. The average molecular weight is 1040 g/mol. The van der Waals surface area contributed by atoms with Gasteiger partial charge in [0, 0.05) is 31.2 Å². The summed E-state index contributed by atoms with van der Waals surface area (Å²) in [7, 11) is -7.48. The standard InChI is InChI=1S/2C24H27BrFN3O2S/c1-15-5-10-18(11-6-15)32(30,31)28-22(16-7-8-16)20-14-27-29(24(2,3)4)23(20)19-13-17(26)9-12-21(19)25;1-15-5-10-18(11-6-15)32(30,31)28-22(16-7-8-16)20-14-27-29(24(2,3)4)23(20)19-12-9-17(26)13-21(19)25/h2*5-6,9-14,16,22,28H,7-8H2,1-4H3. The Morgan fingerprint density at radius 3 is 1.36 bits per heavy atom. The molecule has 10 nitrogen and oxygen atoms in total. The highest BCUT2D eigenvalue weighted by Crippen LogP contribution is 2.48. The fourth-order valence-electron chi connectivity index (χ4n) is 7.69. The van der Waals surface area contributed by atoms with Gasteiger partial charge in [-0.1, -0.05) is 51.3 Å². The molecule has 0 aliphatic heterocycles. The Morgan fingerprint density at radius 2 is 0.969 bits per heavy atom. The minimum absolute atomic E-state index is 0.166. The Balaban J connectivity index is 0.000000191. The van der Waals surface area contributed by atoms with E-state index in [0.717, 1.165) is 63.7 Å². The van der Waals surface area contributed by atoms with Gasteiger partial charge in [-0.2, -0.15) is 10.2 Å². The molecule has 0 amide bonds. The van der Waals surface area contributed by atoms with Crippen LogP contribution >= 0.6 is 31.9 Å². The normalized spacial score (nSPS) is 15.7. The van der Waals surface area contributed by atoms with Gasteiger partial charge < -0.3 is 0 Å². The Hall–Kier alpha value is -4.06. The molecule has 2 aliphatic carbocycles. The molecule has 2 N–H and O–H groups in total. The van der Waals surface area contributed by atoms with Gasteiger partial charge >= 0.3 is 0 Å². The first-order chi connectivity index (χ1) is 29.9. The summed E-state index contributed by atoms with van der Waals surface area (Å²) in [6, 6.07) is 21.8. The zero-order valence-electron chi connectivity index (χ0n) is 37.1. The molecule has 340 valence electrons. The molecule has 8 rings (SSSR count). The number of aryl methyl sites for hydroxylation is 2. The maximum absolute atomic E-state index is 14.2. The van der Waals surface area contributed by atoms with Gasteiger partial charge in [0.1, 0.15) is 11.6 Å². The molecule has 2 saturated carbocycles. The molecule has 2 atom stereocenters. The van der Waals surface area contributed by atoms with E-state index in [1.807, 2.05) is 64.8 Å². The lowest BCUT2D eigenvalue weighted by Gasteiger charge is -2.25. The number of nitrogens with one attached hydrogen (secondary N) is 2. The van der Waals surface area contributed by atoms with Crippen LogP contribution in [0.2, 0.25) is 0 Å². The number of hydrogen-bond acceptors (Lipinski definition) is 6. The molecule has 6 aromatic rings. The topological polar surface area (TPSA) is 128 Å². The third-order valence-electron chi connectivity index (χ3n) is 11.3. The van der Waals surface area contributed by atoms with Gasteiger partial charge in [0.05, 0.1) is 56.7 Å². The quantitative estimate of drug-likeness (QED) is 0.126. The summed E-state index contributed by atoms with van der Waals surface area (Å²) in [5.74, 6) is -0.355. The lowest BCUT2D eigenvalue weighted by atomic mass is 9.98. The summed E-state index contributed by atoms with van der Waals surface area (Å²) in [5, 5.41) is 9.26. The van der Waals surface area contributed by atoms with Crippen molar-refractivity contribution in [2.75, 3.05) is 0 Å². The predicted octanol–water partition coefficient (Wildman–Crippen LogP) is 11.9. The van der Waals surface area contributed by atoms with Crippen LogP contribution in [0.5, 0.6) is 0 Å². The molecule has 0 spiro atoms. The van der Waals surface area contributed by atoms with Crippen molar-refractivity contribution in [2.45, 2.75) is 114 Å².